The number of aliphatic hydroxyl groups excluding tert-OH is 2. The molecule has 0 saturated heterocycles. The van der Waals surface area contributed by atoms with E-state index in [-0.39, 0.29) is 6.61 Å². The fourth-order valence-corrected chi connectivity index (χ4v) is 1.50. The van der Waals surface area contributed by atoms with Gasteiger partial charge in [0.05, 0.1) is 0 Å². The van der Waals surface area contributed by atoms with Crippen LogP contribution in [0.2, 0.25) is 0 Å². The van der Waals surface area contributed by atoms with E-state index in [1.807, 2.05) is 5.01 Å². The molecule has 0 radical (unpaired) electrons. The van der Waals surface area contributed by atoms with Crippen LogP contribution < -0.4 is 5.84 Å². The zero-order valence-corrected chi connectivity index (χ0v) is 9.70. The molecule has 0 heterocycles. The molecule has 0 aromatic carbocycles. The lowest BCUT2D eigenvalue weighted by molar-refractivity contribution is 0.250. The molecule has 0 atom stereocenters. The van der Waals surface area contributed by atoms with Crippen LogP contribution in [0.3, 0.4) is 0 Å². The highest BCUT2D eigenvalue weighted by molar-refractivity contribution is 4.51. The highest BCUT2D eigenvalue weighted by Gasteiger charge is 1.98. The highest BCUT2D eigenvalue weighted by atomic mass is 16.3. The van der Waals surface area contributed by atoms with Crippen molar-refractivity contribution in [3.05, 3.63) is 0 Å². The van der Waals surface area contributed by atoms with Crippen LogP contribution in [0.4, 0.5) is 0 Å². The predicted molar refractivity (Wildman–Crippen MR) is 62.3 cm³/mol. The third-order valence-electron chi connectivity index (χ3n) is 2.46. The summed E-state index contributed by atoms with van der Waals surface area (Å²) in [6.07, 6.45) is 7.24. The van der Waals surface area contributed by atoms with Crippen LogP contribution in [0, 0.1) is 0 Å². The molecule has 4 N–H and O–H groups in total. The van der Waals surface area contributed by atoms with Crippen molar-refractivity contribution in [1.29, 1.82) is 0 Å². The molecule has 0 aliphatic rings. The highest BCUT2D eigenvalue weighted by Crippen LogP contribution is 2.01. The molecule has 0 saturated carbocycles. The number of aliphatic hydroxyl groups is 2. The quantitative estimate of drug-likeness (QED) is 0.273. The molecule has 0 aromatic rings. The molecule has 0 aliphatic carbocycles. The third kappa shape index (κ3) is 11.8. The van der Waals surface area contributed by atoms with E-state index in [4.69, 9.17) is 16.1 Å². The van der Waals surface area contributed by atoms with Crippen molar-refractivity contribution in [2.45, 2.75) is 44.9 Å². The van der Waals surface area contributed by atoms with Gasteiger partial charge in [0.2, 0.25) is 0 Å². The number of nitrogens with zero attached hydrogens (tertiary/aromatic N) is 1. The largest absolute Gasteiger partial charge is 0.396 e. The molecule has 0 bridgehead atoms. The summed E-state index contributed by atoms with van der Waals surface area (Å²) >= 11 is 0. The lowest BCUT2D eigenvalue weighted by Gasteiger charge is -2.15. The summed E-state index contributed by atoms with van der Waals surface area (Å²) in [6.45, 7) is 2.43. The molecule has 0 aromatic heterocycles. The molecular formula is C11H26N2O2. The molecule has 0 unspecified atom stereocenters. The van der Waals surface area contributed by atoms with Gasteiger partial charge in [-0.3, -0.25) is 5.84 Å². The molecule has 0 aliphatic heterocycles. The predicted octanol–water partition coefficient (Wildman–Crippen LogP) is 0.877. The SMILES string of the molecule is NN(CCCCCO)CCCCCCO. The Bertz CT molecular complexity index is 123. The van der Waals surface area contributed by atoms with Crippen molar-refractivity contribution >= 4 is 0 Å². The molecule has 4 nitrogen and oxygen atoms in total. The lowest BCUT2D eigenvalue weighted by atomic mass is 10.2. The molecule has 0 spiro atoms. The molecule has 0 fully saturated rings. The monoisotopic (exact) mass is 218 g/mol. The van der Waals surface area contributed by atoms with Crippen molar-refractivity contribution in [2.24, 2.45) is 5.84 Å². The van der Waals surface area contributed by atoms with Crippen LogP contribution in [-0.4, -0.2) is 41.5 Å². The maximum Gasteiger partial charge on any atom is 0.0431 e. The summed E-state index contributed by atoms with van der Waals surface area (Å²) in [5.41, 5.74) is 0. The van der Waals surface area contributed by atoms with E-state index in [0.717, 1.165) is 58.0 Å². The number of hydrazine groups is 1. The zero-order chi connectivity index (χ0) is 11.4. The van der Waals surface area contributed by atoms with Gasteiger partial charge in [-0.2, -0.15) is 0 Å². The van der Waals surface area contributed by atoms with Crippen LogP contribution in [0.5, 0.6) is 0 Å². The summed E-state index contributed by atoms with van der Waals surface area (Å²) in [6, 6.07) is 0. The van der Waals surface area contributed by atoms with E-state index in [0.29, 0.717) is 6.61 Å². The van der Waals surface area contributed by atoms with Crippen LogP contribution >= 0.6 is 0 Å². The average molecular weight is 218 g/mol. The normalized spacial score (nSPS) is 11.2. The van der Waals surface area contributed by atoms with E-state index in [1.54, 1.807) is 0 Å². The average Bonchev–Trinajstić information content (AvgIpc) is 2.24. The van der Waals surface area contributed by atoms with Gasteiger partial charge in [0, 0.05) is 26.3 Å². The number of rotatable bonds is 11. The first-order valence-electron chi connectivity index (χ1n) is 6.02. The topological polar surface area (TPSA) is 69.7 Å². The summed E-state index contributed by atoms with van der Waals surface area (Å²) < 4.78 is 0. The first kappa shape index (κ1) is 14.8. The Balaban J connectivity index is 3.08. The molecule has 0 amide bonds. The fraction of sp³-hybridized carbons (Fsp3) is 1.00. The van der Waals surface area contributed by atoms with Gasteiger partial charge in [-0.05, 0) is 32.1 Å². The summed E-state index contributed by atoms with van der Waals surface area (Å²) in [5.74, 6) is 5.79. The molecule has 0 rings (SSSR count). The fourth-order valence-electron chi connectivity index (χ4n) is 1.50. The van der Waals surface area contributed by atoms with Gasteiger partial charge < -0.3 is 10.2 Å². The van der Waals surface area contributed by atoms with Gasteiger partial charge in [0.1, 0.15) is 0 Å². The Morgan fingerprint density at radius 2 is 1.07 bits per heavy atom. The Morgan fingerprint density at radius 3 is 1.53 bits per heavy atom. The van der Waals surface area contributed by atoms with Gasteiger partial charge in [0.25, 0.3) is 0 Å². The minimum absolute atomic E-state index is 0.283. The van der Waals surface area contributed by atoms with Crippen LogP contribution in [0.1, 0.15) is 44.9 Å². The summed E-state index contributed by atoms with van der Waals surface area (Å²) in [5, 5.41) is 19.0. The van der Waals surface area contributed by atoms with Crippen LogP contribution in [-0.2, 0) is 0 Å². The smallest absolute Gasteiger partial charge is 0.0431 e. The molecular weight excluding hydrogens is 192 g/mol. The Hall–Kier alpha value is -0.160. The Morgan fingerprint density at radius 1 is 0.667 bits per heavy atom. The van der Waals surface area contributed by atoms with Crippen molar-refractivity contribution in [3.8, 4) is 0 Å². The van der Waals surface area contributed by atoms with Gasteiger partial charge in [0.15, 0.2) is 0 Å². The van der Waals surface area contributed by atoms with E-state index in [9.17, 15) is 0 Å². The minimum atomic E-state index is 0.283. The maximum absolute atomic E-state index is 8.59. The van der Waals surface area contributed by atoms with E-state index >= 15 is 0 Å². The van der Waals surface area contributed by atoms with E-state index in [1.165, 1.54) is 0 Å². The van der Waals surface area contributed by atoms with Gasteiger partial charge >= 0.3 is 0 Å². The molecule has 4 heteroatoms. The second kappa shape index (κ2) is 11.9. The Kier molecular flexibility index (Phi) is 11.8. The number of hydrogen-bond acceptors (Lipinski definition) is 4. The summed E-state index contributed by atoms with van der Waals surface area (Å²) in [4.78, 5) is 0. The van der Waals surface area contributed by atoms with Gasteiger partial charge in [-0.1, -0.05) is 12.8 Å². The first-order valence-corrected chi connectivity index (χ1v) is 6.02. The second-order valence-corrected chi connectivity index (χ2v) is 3.96. The standard InChI is InChI=1S/C11H26N2O2/c12-13(9-5-3-7-11-15)8-4-1-2-6-10-14/h14-15H,1-12H2. The third-order valence-corrected chi connectivity index (χ3v) is 2.46. The van der Waals surface area contributed by atoms with Gasteiger partial charge in [-0.25, -0.2) is 5.01 Å². The van der Waals surface area contributed by atoms with E-state index in [2.05, 4.69) is 0 Å². The Labute approximate surface area is 93.0 Å². The number of hydrogen-bond donors (Lipinski definition) is 3. The molecule has 92 valence electrons. The van der Waals surface area contributed by atoms with Crippen molar-refractivity contribution < 1.29 is 10.2 Å². The molecule has 15 heavy (non-hydrogen) atoms. The lowest BCUT2D eigenvalue weighted by Crippen LogP contribution is -2.32. The maximum atomic E-state index is 8.59. The van der Waals surface area contributed by atoms with Crippen molar-refractivity contribution in [2.75, 3.05) is 26.3 Å². The van der Waals surface area contributed by atoms with Crippen LogP contribution in [0.15, 0.2) is 0 Å². The van der Waals surface area contributed by atoms with E-state index < -0.39 is 0 Å². The minimum Gasteiger partial charge on any atom is -0.396 e. The van der Waals surface area contributed by atoms with Gasteiger partial charge in [-0.15, -0.1) is 0 Å². The first-order chi connectivity index (χ1) is 7.31. The second-order valence-electron chi connectivity index (χ2n) is 3.96. The summed E-state index contributed by atoms with van der Waals surface area (Å²) in [7, 11) is 0. The number of nitrogens with two attached hydrogens (primary N) is 1. The number of unbranched alkanes of at least 4 members (excludes halogenated alkanes) is 5. The van der Waals surface area contributed by atoms with Crippen molar-refractivity contribution in [3.63, 3.8) is 0 Å². The zero-order valence-electron chi connectivity index (χ0n) is 9.70. The van der Waals surface area contributed by atoms with Crippen LogP contribution in [0.25, 0.3) is 0 Å². The van der Waals surface area contributed by atoms with Crippen molar-refractivity contribution in [1.82, 2.24) is 5.01 Å².